The average molecular weight is 520 g/mol. The fraction of sp³-hybridized carbons (Fsp3) is 0.100. The van der Waals surface area contributed by atoms with Gasteiger partial charge in [0.1, 0.15) is 10.6 Å². The molecule has 0 radical (unpaired) electrons. The molecule has 1 aliphatic carbocycles. The monoisotopic (exact) mass is 519 g/mol. The van der Waals surface area contributed by atoms with Gasteiger partial charge in [-0.05, 0) is 65.2 Å². The standard InChI is InChI=1S/C30H21N3O2S2/c1-2-33-25-14-8-7-13-23(25)30(21-11-5-3-9-18(21)19-10-4-6-12-22(19)30)24-16-17(37-28(24)33)15-20-26(34)31-29(36)32-27(20)35/h3-16H,2H2,1H3,(H2,31,32,34,35,36). The van der Waals surface area contributed by atoms with Gasteiger partial charge in [0.15, 0.2) is 5.11 Å². The molecule has 5 nitrogen and oxygen atoms in total. The first-order valence-electron chi connectivity index (χ1n) is 12.1. The zero-order chi connectivity index (χ0) is 25.3. The molecule has 0 atom stereocenters. The van der Waals surface area contributed by atoms with Crippen LogP contribution >= 0.6 is 23.6 Å². The first kappa shape index (κ1) is 22.2. The maximum Gasteiger partial charge on any atom is 0.263 e. The van der Waals surface area contributed by atoms with Gasteiger partial charge < -0.3 is 4.90 Å². The number of rotatable bonds is 2. The Hall–Kier alpha value is -4.07. The van der Waals surface area contributed by atoms with E-state index in [2.05, 4.69) is 101 Å². The minimum absolute atomic E-state index is 0.0309. The van der Waals surface area contributed by atoms with Crippen LogP contribution in [0.3, 0.4) is 0 Å². The zero-order valence-corrected chi connectivity index (χ0v) is 21.5. The van der Waals surface area contributed by atoms with E-state index in [1.807, 2.05) is 0 Å². The second kappa shape index (κ2) is 7.96. The van der Waals surface area contributed by atoms with Crippen LogP contribution in [0.5, 0.6) is 0 Å². The van der Waals surface area contributed by atoms with Gasteiger partial charge in [-0.3, -0.25) is 20.2 Å². The van der Waals surface area contributed by atoms with Gasteiger partial charge >= 0.3 is 0 Å². The van der Waals surface area contributed by atoms with Gasteiger partial charge in [0.2, 0.25) is 0 Å². The van der Waals surface area contributed by atoms with Gasteiger partial charge in [-0.15, -0.1) is 11.3 Å². The van der Waals surface area contributed by atoms with Crippen molar-refractivity contribution in [2.75, 3.05) is 11.4 Å². The van der Waals surface area contributed by atoms with Crippen molar-refractivity contribution in [3.8, 4) is 11.1 Å². The number of benzene rings is 3. The number of amides is 2. The Kier molecular flexibility index (Phi) is 4.77. The summed E-state index contributed by atoms with van der Waals surface area (Å²) in [4.78, 5) is 28.4. The minimum atomic E-state index is -0.503. The molecule has 3 aromatic carbocycles. The quantitative estimate of drug-likeness (QED) is 0.184. The number of thiophene rings is 1. The molecule has 1 fully saturated rings. The molecule has 37 heavy (non-hydrogen) atoms. The SMILES string of the molecule is CCN1c2ccccc2C2(c3ccccc3-c3ccccc32)c2cc(C=C3C(=O)NC(=S)NC3=O)sc21. The first-order valence-corrected chi connectivity index (χ1v) is 13.4. The van der Waals surface area contributed by atoms with Crippen LogP contribution in [-0.4, -0.2) is 23.5 Å². The lowest BCUT2D eigenvalue weighted by atomic mass is 9.66. The van der Waals surface area contributed by atoms with Crippen molar-refractivity contribution in [3.05, 3.63) is 112 Å². The van der Waals surface area contributed by atoms with Gasteiger partial charge in [-0.25, -0.2) is 0 Å². The molecular formula is C30H21N3O2S2. The molecule has 0 unspecified atom stereocenters. The third-order valence-electron chi connectivity index (χ3n) is 7.48. The highest BCUT2D eigenvalue weighted by molar-refractivity contribution is 7.80. The summed E-state index contributed by atoms with van der Waals surface area (Å²) in [5.74, 6) is -0.968. The van der Waals surface area contributed by atoms with Gasteiger partial charge in [0.05, 0.1) is 5.41 Å². The highest BCUT2D eigenvalue weighted by Gasteiger charge is 2.52. The van der Waals surface area contributed by atoms with Crippen molar-refractivity contribution in [2.45, 2.75) is 12.3 Å². The Balaban J connectivity index is 1.55. The van der Waals surface area contributed by atoms with Crippen molar-refractivity contribution in [1.29, 1.82) is 0 Å². The molecule has 0 saturated carbocycles. The summed E-state index contributed by atoms with van der Waals surface area (Å²) in [6, 6.07) is 28.0. The molecule has 7 rings (SSSR count). The lowest BCUT2D eigenvalue weighted by Crippen LogP contribution is -2.51. The summed E-state index contributed by atoms with van der Waals surface area (Å²) in [5, 5.41) is 6.22. The van der Waals surface area contributed by atoms with E-state index in [0.29, 0.717) is 0 Å². The summed E-state index contributed by atoms with van der Waals surface area (Å²) < 4.78 is 0. The number of anilines is 2. The van der Waals surface area contributed by atoms with Crippen LogP contribution in [0.25, 0.3) is 17.2 Å². The van der Waals surface area contributed by atoms with Gasteiger partial charge in [0.25, 0.3) is 11.8 Å². The van der Waals surface area contributed by atoms with Crippen molar-refractivity contribution in [3.63, 3.8) is 0 Å². The van der Waals surface area contributed by atoms with Crippen LogP contribution in [0.4, 0.5) is 10.7 Å². The number of nitrogens with one attached hydrogen (secondary N) is 2. The molecule has 4 aromatic rings. The van der Waals surface area contributed by atoms with E-state index < -0.39 is 17.2 Å². The molecule has 1 aromatic heterocycles. The zero-order valence-electron chi connectivity index (χ0n) is 19.9. The van der Waals surface area contributed by atoms with E-state index >= 15 is 0 Å². The van der Waals surface area contributed by atoms with Gasteiger partial charge in [-0.2, -0.15) is 0 Å². The van der Waals surface area contributed by atoms with E-state index in [0.717, 1.165) is 22.0 Å². The van der Waals surface area contributed by atoms with Crippen LogP contribution < -0.4 is 15.5 Å². The highest BCUT2D eigenvalue weighted by Crippen LogP contribution is 2.63. The van der Waals surface area contributed by atoms with E-state index in [1.54, 1.807) is 17.4 Å². The van der Waals surface area contributed by atoms with Crippen LogP contribution in [0, 0.1) is 0 Å². The van der Waals surface area contributed by atoms with E-state index in [9.17, 15) is 9.59 Å². The number of thiocarbonyl (C=S) groups is 1. The number of hydrogen-bond donors (Lipinski definition) is 2. The predicted molar refractivity (Wildman–Crippen MR) is 151 cm³/mol. The number of carbonyl (C=O) groups excluding carboxylic acids is 2. The maximum absolute atomic E-state index is 12.6. The summed E-state index contributed by atoms with van der Waals surface area (Å²) >= 11 is 6.56. The fourth-order valence-electron chi connectivity index (χ4n) is 6.10. The molecule has 2 aliphatic heterocycles. The summed E-state index contributed by atoms with van der Waals surface area (Å²) in [6.07, 6.45) is 1.67. The van der Waals surface area contributed by atoms with Crippen molar-refractivity contribution in [2.24, 2.45) is 0 Å². The first-order chi connectivity index (χ1) is 18.0. The largest absolute Gasteiger partial charge is 0.333 e. The van der Waals surface area contributed by atoms with Crippen LogP contribution in [0.15, 0.2) is 84.4 Å². The Morgan fingerprint density at radius 2 is 1.41 bits per heavy atom. The number of hydrogen-bond acceptors (Lipinski definition) is 5. The van der Waals surface area contributed by atoms with Crippen LogP contribution in [-0.2, 0) is 15.0 Å². The third-order valence-corrected chi connectivity index (χ3v) is 8.79. The normalized spacial score (nSPS) is 16.5. The third kappa shape index (κ3) is 2.92. The Morgan fingerprint density at radius 3 is 2.03 bits per heavy atom. The smallest absolute Gasteiger partial charge is 0.263 e. The van der Waals surface area contributed by atoms with Crippen molar-refractivity contribution < 1.29 is 9.59 Å². The average Bonchev–Trinajstić information content (AvgIpc) is 3.45. The minimum Gasteiger partial charge on any atom is -0.333 e. The van der Waals surface area contributed by atoms with E-state index in [-0.39, 0.29) is 10.7 Å². The molecule has 0 bridgehead atoms. The van der Waals surface area contributed by atoms with E-state index in [1.165, 1.54) is 33.5 Å². The maximum atomic E-state index is 12.6. The Bertz CT molecular complexity index is 1630. The summed E-state index contributed by atoms with van der Waals surface area (Å²) in [7, 11) is 0. The van der Waals surface area contributed by atoms with Crippen LogP contribution in [0.1, 0.15) is 34.1 Å². The molecule has 1 spiro atoms. The van der Waals surface area contributed by atoms with Gasteiger partial charge in [0, 0.05) is 22.7 Å². The summed E-state index contributed by atoms with van der Waals surface area (Å²) in [6.45, 7) is 2.94. The van der Waals surface area contributed by atoms with E-state index in [4.69, 9.17) is 12.2 Å². The number of carbonyl (C=O) groups is 2. The fourth-order valence-corrected chi connectivity index (χ4v) is 7.52. The number of fused-ring (bicyclic) bond motifs is 9. The molecule has 2 amide bonds. The van der Waals surface area contributed by atoms with Gasteiger partial charge in [-0.1, -0.05) is 66.7 Å². The predicted octanol–water partition coefficient (Wildman–Crippen LogP) is 5.50. The topological polar surface area (TPSA) is 61.4 Å². The van der Waals surface area contributed by atoms with Crippen molar-refractivity contribution >= 4 is 57.2 Å². The Morgan fingerprint density at radius 1 is 0.838 bits per heavy atom. The molecule has 1 saturated heterocycles. The second-order valence-corrected chi connectivity index (χ2v) is 10.7. The number of para-hydroxylation sites is 1. The lowest BCUT2D eigenvalue weighted by molar-refractivity contribution is -0.123. The lowest BCUT2D eigenvalue weighted by Gasteiger charge is -2.43. The molecule has 180 valence electrons. The Labute approximate surface area is 223 Å². The van der Waals surface area contributed by atoms with Crippen molar-refractivity contribution in [1.82, 2.24) is 10.6 Å². The van der Waals surface area contributed by atoms with Crippen LogP contribution in [0.2, 0.25) is 0 Å². The molecule has 3 heterocycles. The summed E-state index contributed by atoms with van der Waals surface area (Å²) in [5.41, 5.74) is 8.07. The second-order valence-electron chi connectivity index (χ2n) is 9.27. The molecule has 7 heteroatoms. The molecule has 3 aliphatic rings. The number of nitrogens with zero attached hydrogens (tertiary/aromatic N) is 1. The highest BCUT2D eigenvalue weighted by atomic mass is 32.1. The molecular weight excluding hydrogens is 498 g/mol. The molecule has 2 N–H and O–H groups in total.